The summed E-state index contributed by atoms with van der Waals surface area (Å²) in [6.07, 6.45) is 3.55. The van der Waals surface area contributed by atoms with Gasteiger partial charge in [0.05, 0.1) is 31.8 Å². The van der Waals surface area contributed by atoms with Crippen molar-refractivity contribution in [2.45, 2.75) is 25.8 Å². The van der Waals surface area contributed by atoms with Crippen LogP contribution in [0.1, 0.15) is 41.6 Å². The van der Waals surface area contributed by atoms with E-state index in [4.69, 9.17) is 9.73 Å². The van der Waals surface area contributed by atoms with E-state index in [9.17, 15) is 9.18 Å². The maximum atomic E-state index is 13.9. The quantitative estimate of drug-likeness (QED) is 0.260. The van der Waals surface area contributed by atoms with Crippen molar-refractivity contribution in [2.75, 3.05) is 6.61 Å². The number of fused-ring (bicyclic) bond motifs is 3. The largest absolute Gasteiger partial charge is 0.492 e. The minimum Gasteiger partial charge on any atom is -0.492 e. The van der Waals surface area contributed by atoms with Crippen LogP contribution in [0.2, 0.25) is 0 Å². The van der Waals surface area contributed by atoms with E-state index < -0.39 is 0 Å². The number of ether oxygens (including phenoxy) is 1. The predicted molar refractivity (Wildman–Crippen MR) is 152 cm³/mol. The van der Waals surface area contributed by atoms with Gasteiger partial charge in [0.25, 0.3) is 5.56 Å². The minimum absolute atomic E-state index is 0.107. The third-order valence-electron chi connectivity index (χ3n) is 6.67. The summed E-state index contributed by atoms with van der Waals surface area (Å²) in [7, 11) is 0. The second kappa shape index (κ2) is 9.82. The Kier molecular flexibility index (Phi) is 6.51. The van der Waals surface area contributed by atoms with E-state index in [1.54, 1.807) is 16.7 Å². The molecule has 1 aliphatic carbocycles. The summed E-state index contributed by atoms with van der Waals surface area (Å²) in [5.41, 5.74) is 6.01. The van der Waals surface area contributed by atoms with Gasteiger partial charge in [0.1, 0.15) is 11.6 Å². The number of aryl methyl sites for hydroxylation is 1. The molecule has 6 rings (SSSR count). The molecular formula is C29H21Br2FN2O2S. The van der Waals surface area contributed by atoms with Gasteiger partial charge in [-0.3, -0.25) is 9.36 Å². The number of thiazole rings is 1. The third-order valence-corrected chi connectivity index (χ3v) is 8.83. The molecule has 0 radical (unpaired) electrons. The molecule has 186 valence electrons. The summed E-state index contributed by atoms with van der Waals surface area (Å²) in [5, 5.41) is 0. The number of hydrogen-bond donors (Lipinski definition) is 0. The maximum Gasteiger partial charge on any atom is 0.271 e. The number of benzene rings is 3. The first-order valence-corrected chi connectivity index (χ1v) is 14.3. The summed E-state index contributed by atoms with van der Waals surface area (Å²) in [6, 6.07) is 18.3. The van der Waals surface area contributed by atoms with Gasteiger partial charge in [0, 0.05) is 5.56 Å². The van der Waals surface area contributed by atoms with Crippen molar-refractivity contribution in [2.24, 2.45) is 4.99 Å². The molecule has 0 saturated carbocycles. The molecule has 37 heavy (non-hydrogen) atoms. The zero-order valence-corrected chi connectivity index (χ0v) is 23.8. The van der Waals surface area contributed by atoms with Crippen molar-refractivity contribution < 1.29 is 9.13 Å². The molecule has 1 atom stereocenters. The summed E-state index contributed by atoms with van der Waals surface area (Å²) in [6.45, 7) is 2.48. The second-order valence-electron chi connectivity index (χ2n) is 8.91. The van der Waals surface area contributed by atoms with E-state index in [2.05, 4.69) is 44.0 Å². The molecule has 0 fully saturated rings. The van der Waals surface area contributed by atoms with Crippen LogP contribution in [0.4, 0.5) is 4.39 Å². The van der Waals surface area contributed by atoms with E-state index >= 15 is 0 Å². The summed E-state index contributed by atoms with van der Waals surface area (Å²) < 4.78 is 23.5. The Hall–Kier alpha value is -2.81. The van der Waals surface area contributed by atoms with Gasteiger partial charge in [-0.15, -0.1) is 0 Å². The zero-order chi connectivity index (χ0) is 25.7. The third kappa shape index (κ3) is 4.35. The number of halogens is 3. The Morgan fingerprint density at radius 3 is 2.57 bits per heavy atom. The average Bonchev–Trinajstić information content (AvgIpc) is 3.20. The summed E-state index contributed by atoms with van der Waals surface area (Å²) in [4.78, 5) is 19.5. The lowest BCUT2D eigenvalue weighted by Gasteiger charge is -2.30. The van der Waals surface area contributed by atoms with Crippen molar-refractivity contribution in [3.05, 3.63) is 123 Å². The number of rotatable bonds is 4. The first-order valence-electron chi connectivity index (χ1n) is 11.9. The van der Waals surface area contributed by atoms with Gasteiger partial charge in [0.2, 0.25) is 0 Å². The lowest BCUT2D eigenvalue weighted by Crippen LogP contribution is -2.38. The normalized spacial score (nSPS) is 16.6. The maximum absolute atomic E-state index is 13.9. The molecule has 0 unspecified atom stereocenters. The van der Waals surface area contributed by atoms with Crippen LogP contribution in [0.25, 0.3) is 11.8 Å². The van der Waals surface area contributed by atoms with Crippen LogP contribution in [0.5, 0.6) is 5.75 Å². The second-order valence-corrected chi connectivity index (χ2v) is 11.6. The van der Waals surface area contributed by atoms with Crippen molar-refractivity contribution >= 4 is 55.0 Å². The zero-order valence-electron chi connectivity index (χ0n) is 19.8. The van der Waals surface area contributed by atoms with Crippen molar-refractivity contribution in [1.82, 2.24) is 4.57 Å². The smallest absolute Gasteiger partial charge is 0.271 e. The Morgan fingerprint density at radius 2 is 1.84 bits per heavy atom. The van der Waals surface area contributed by atoms with Gasteiger partial charge < -0.3 is 4.74 Å². The number of nitrogens with zero attached hydrogens (tertiary/aromatic N) is 2. The van der Waals surface area contributed by atoms with Gasteiger partial charge in [-0.1, -0.05) is 47.7 Å². The molecule has 4 nitrogen and oxygen atoms in total. The molecule has 0 bridgehead atoms. The van der Waals surface area contributed by atoms with Crippen LogP contribution in [0.3, 0.4) is 0 Å². The highest BCUT2D eigenvalue weighted by Gasteiger charge is 2.32. The van der Waals surface area contributed by atoms with Crippen LogP contribution < -0.4 is 19.6 Å². The van der Waals surface area contributed by atoms with Crippen molar-refractivity contribution in [3.8, 4) is 5.75 Å². The first-order chi connectivity index (χ1) is 17.9. The van der Waals surface area contributed by atoms with Crippen LogP contribution in [0, 0.1) is 5.82 Å². The predicted octanol–water partition coefficient (Wildman–Crippen LogP) is 6.38. The lowest BCUT2D eigenvalue weighted by atomic mass is 9.83. The van der Waals surface area contributed by atoms with Crippen LogP contribution in [0.15, 0.2) is 85.0 Å². The van der Waals surface area contributed by atoms with E-state index in [1.807, 2.05) is 37.3 Å². The number of aromatic nitrogens is 1. The lowest BCUT2D eigenvalue weighted by molar-refractivity contribution is 0.336. The molecule has 4 aromatic rings. The molecular weight excluding hydrogens is 619 g/mol. The molecule has 3 aromatic carbocycles. The topological polar surface area (TPSA) is 43.6 Å². The van der Waals surface area contributed by atoms with E-state index in [0.29, 0.717) is 15.9 Å². The number of allylic oxidation sites excluding steroid dienone is 1. The molecule has 8 heteroatoms. The Labute approximate surface area is 233 Å². The Bertz CT molecular complexity index is 1730. The van der Waals surface area contributed by atoms with Gasteiger partial charge in [-0.05, 0) is 104 Å². The fraction of sp³-hybridized carbons (Fsp3) is 0.172. The fourth-order valence-electron chi connectivity index (χ4n) is 5.06. The molecule has 0 saturated heterocycles. The van der Waals surface area contributed by atoms with Gasteiger partial charge in [-0.25, -0.2) is 9.38 Å². The van der Waals surface area contributed by atoms with Gasteiger partial charge >= 0.3 is 0 Å². The Balaban J connectivity index is 1.57. The van der Waals surface area contributed by atoms with Crippen LogP contribution >= 0.6 is 43.2 Å². The SMILES string of the molecule is CCOc1c(Br)cc(/C=c2/sc3n(c2=O)[C@@H](c2ccc(F)cc2)C2=C(N=3)c3ccccc3CC2)cc1Br. The fourth-order valence-corrected chi connectivity index (χ4v) is 7.52. The first kappa shape index (κ1) is 24.5. The van der Waals surface area contributed by atoms with E-state index in [0.717, 1.165) is 55.5 Å². The molecule has 1 aromatic heterocycles. The molecule has 2 heterocycles. The summed E-state index contributed by atoms with van der Waals surface area (Å²) >= 11 is 8.53. The van der Waals surface area contributed by atoms with E-state index in [-0.39, 0.29) is 17.4 Å². The average molecular weight is 640 g/mol. The highest BCUT2D eigenvalue weighted by Crippen LogP contribution is 2.41. The highest BCUT2D eigenvalue weighted by molar-refractivity contribution is 9.11. The monoisotopic (exact) mass is 638 g/mol. The summed E-state index contributed by atoms with van der Waals surface area (Å²) in [5.74, 6) is 0.426. The molecule has 0 N–H and O–H groups in total. The molecule has 0 amide bonds. The minimum atomic E-state index is -0.332. The molecule has 0 spiro atoms. The number of hydrogen-bond acceptors (Lipinski definition) is 4. The van der Waals surface area contributed by atoms with Crippen molar-refractivity contribution in [1.29, 1.82) is 0 Å². The highest BCUT2D eigenvalue weighted by atomic mass is 79.9. The standard InChI is InChI=1S/C29H21Br2FN2O2S/c1-2-36-27-22(30)13-16(14-23(27)31)15-24-28(35)34-26(18-7-10-19(32)11-8-18)21-12-9-17-5-3-4-6-20(17)25(21)33-29(34)37-24/h3-8,10-11,13-15,26H,2,9,12H2,1H3/b24-15+/t26-/m0/s1. The van der Waals surface area contributed by atoms with Crippen LogP contribution in [-0.4, -0.2) is 11.2 Å². The van der Waals surface area contributed by atoms with Gasteiger partial charge in [-0.2, -0.15) is 0 Å². The van der Waals surface area contributed by atoms with E-state index in [1.165, 1.54) is 29.0 Å². The Morgan fingerprint density at radius 1 is 1.11 bits per heavy atom. The van der Waals surface area contributed by atoms with Crippen molar-refractivity contribution in [3.63, 3.8) is 0 Å². The molecule has 2 aliphatic rings. The molecule has 1 aliphatic heterocycles. The van der Waals surface area contributed by atoms with Crippen LogP contribution in [-0.2, 0) is 6.42 Å². The van der Waals surface area contributed by atoms with Gasteiger partial charge in [0.15, 0.2) is 4.80 Å².